The van der Waals surface area contributed by atoms with E-state index in [2.05, 4.69) is 26.5 Å². The molecule has 3 aliphatic rings. The quantitative estimate of drug-likeness (QED) is 0.0957. The molecule has 4 rings (SSSR count). The van der Waals surface area contributed by atoms with E-state index in [1.807, 2.05) is 25.2 Å². The van der Waals surface area contributed by atoms with Crippen LogP contribution in [0.1, 0.15) is 90.5 Å². The Morgan fingerprint density at radius 2 is 1.84 bits per heavy atom. The first kappa shape index (κ1) is 35.1. The SMILES string of the molecule is C=C(/C=C/C=C(/CO)[C@H]1C[C@H]2CCC[C@@]3(O)CC/C(=C(/C)C(=O)Cc4ccc(O)cc4)[C@@H](CCCO)[C@@]23[C@@H]1O)CCC=C(C)C. The Kier molecular flexibility index (Phi) is 11.9. The van der Waals surface area contributed by atoms with Crippen LogP contribution in [-0.4, -0.2) is 56.2 Å². The first-order valence-corrected chi connectivity index (χ1v) is 16.8. The molecule has 0 unspecified atom stereocenters. The molecule has 0 radical (unpaired) electrons. The molecule has 1 aromatic carbocycles. The lowest BCUT2D eigenvalue weighted by Gasteiger charge is -2.61. The summed E-state index contributed by atoms with van der Waals surface area (Å²) in [5, 5.41) is 55.0. The Labute approximate surface area is 269 Å². The highest BCUT2D eigenvalue weighted by Crippen LogP contribution is 2.69. The van der Waals surface area contributed by atoms with Crippen LogP contribution < -0.4 is 0 Å². The summed E-state index contributed by atoms with van der Waals surface area (Å²) in [4.78, 5) is 13.7. The number of phenolic OH excluding ortho intramolecular Hbond substituents is 1. The summed E-state index contributed by atoms with van der Waals surface area (Å²) >= 11 is 0. The van der Waals surface area contributed by atoms with Gasteiger partial charge in [-0.1, -0.05) is 66.2 Å². The zero-order valence-electron chi connectivity index (χ0n) is 27.5. The normalized spacial score (nSPS) is 31.0. The summed E-state index contributed by atoms with van der Waals surface area (Å²) in [6, 6.07) is 6.67. The number of hydrogen-bond donors (Lipinski definition) is 5. The van der Waals surface area contributed by atoms with Crippen LogP contribution in [0.2, 0.25) is 0 Å². The van der Waals surface area contributed by atoms with Gasteiger partial charge in [-0.15, -0.1) is 0 Å². The highest BCUT2D eigenvalue weighted by Gasteiger charge is 2.70. The third kappa shape index (κ3) is 7.30. The van der Waals surface area contributed by atoms with Gasteiger partial charge in [0.1, 0.15) is 5.75 Å². The van der Waals surface area contributed by atoms with Crippen molar-refractivity contribution >= 4 is 5.78 Å². The fourth-order valence-electron chi connectivity index (χ4n) is 8.89. The molecule has 6 atom stereocenters. The van der Waals surface area contributed by atoms with Crippen molar-refractivity contribution in [3.63, 3.8) is 0 Å². The zero-order chi connectivity index (χ0) is 32.8. The standard InChI is InChI=1S/C39H54O6/c1-26(2)9-5-10-27(3)11-6-12-30(25-41)34-24-31-13-7-20-38(45)21-19-33(35(14-8-22-40)39(31,38)37(34)44)28(4)36(43)23-29-15-17-32(42)18-16-29/h6,9,11-12,15-18,31,34-35,37,40-42,44-45H,3,5,7-8,10,13-14,19-25H2,1-2,4H3/b11-6+,30-12-,33-28+/t31-,34-,35-,37-,38-,39-/m1/s1. The van der Waals surface area contributed by atoms with Gasteiger partial charge in [0, 0.05) is 24.4 Å². The third-order valence-corrected chi connectivity index (χ3v) is 11.0. The van der Waals surface area contributed by atoms with Crippen molar-refractivity contribution in [1.82, 2.24) is 0 Å². The van der Waals surface area contributed by atoms with Gasteiger partial charge in [-0.05, 0) is 119 Å². The Morgan fingerprint density at radius 1 is 1.11 bits per heavy atom. The van der Waals surface area contributed by atoms with E-state index in [-0.39, 0.29) is 48.9 Å². The number of rotatable bonds is 13. The molecule has 0 heterocycles. The monoisotopic (exact) mass is 618 g/mol. The molecule has 0 saturated heterocycles. The van der Waals surface area contributed by atoms with E-state index < -0.39 is 17.1 Å². The highest BCUT2D eigenvalue weighted by molar-refractivity contribution is 5.97. The maximum absolute atomic E-state index is 13.7. The number of carbonyl (C=O) groups excluding carboxylic acids is 1. The van der Waals surface area contributed by atoms with Crippen molar-refractivity contribution in [3.8, 4) is 5.75 Å². The molecule has 6 nitrogen and oxygen atoms in total. The van der Waals surface area contributed by atoms with Crippen molar-refractivity contribution in [2.24, 2.45) is 23.2 Å². The van der Waals surface area contributed by atoms with Crippen LogP contribution in [0.15, 0.2) is 83.0 Å². The van der Waals surface area contributed by atoms with Gasteiger partial charge in [-0.2, -0.15) is 0 Å². The van der Waals surface area contributed by atoms with Gasteiger partial charge in [0.25, 0.3) is 0 Å². The minimum Gasteiger partial charge on any atom is -0.508 e. The number of aliphatic hydroxyl groups is 4. The van der Waals surface area contributed by atoms with E-state index in [9.17, 15) is 30.3 Å². The average Bonchev–Trinajstić information content (AvgIpc) is 3.30. The summed E-state index contributed by atoms with van der Waals surface area (Å²) < 4.78 is 0. The molecular weight excluding hydrogens is 564 g/mol. The zero-order valence-corrected chi connectivity index (χ0v) is 27.5. The number of Topliss-reactive ketones (excluding diaryl/α,β-unsaturated/α-hetero) is 1. The predicted octanol–water partition coefficient (Wildman–Crippen LogP) is 6.68. The second kappa shape index (κ2) is 15.2. The van der Waals surface area contributed by atoms with Crippen LogP contribution in [0.3, 0.4) is 0 Å². The van der Waals surface area contributed by atoms with Crippen LogP contribution >= 0.6 is 0 Å². The second-order valence-corrected chi connectivity index (χ2v) is 13.9. The lowest BCUT2D eigenvalue weighted by molar-refractivity contribution is -0.215. The highest BCUT2D eigenvalue weighted by atomic mass is 16.3. The van der Waals surface area contributed by atoms with E-state index >= 15 is 0 Å². The molecule has 1 spiro atoms. The van der Waals surface area contributed by atoms with Crippen LogP contribution in [0.25, 0.3) is 0 Å². The van der Waals surface area contributed by atoms with Crippen molar-refractivity contribution in [3.05, 3.63) is 88.6 Å². The maximum Gasteiger partial charge on any atom is 0.162 e. The molecule has 1 aromatic rings. The van der Waals surface area contributed by atoms with Crippen molar-refractivity contribution < 1.29 is 30.3 Å². The number of phenols is 1. The number of carbonyl (C=O) groups is 1. The van der Waals surface area contributed by atoms with E-state index in [1.165, 1.54) is 5.57 Å². The minimum absolute atomic E-state index is 0.00572. The van der Waals surface area contributed by atoms with Gasteiger partial charge in [-0.25, -0.2) is 0 Å². The van der Waals surface area contributed by atoms with E-state index in [0.717, 1.165) is 48.0 Å². The van der Waals surface area contributed by atoms with Gasteiger partial charge >= 0.3 is 0 Å². The summed E-state index contributed by atoms with van der Waals surface area (Å²) in [5.74, 6) is -0.414. The molecular formula is C39H54O6. The molecule has 0 aromatic heterocycles. The molecule has 0 amide bonds. The fourth-order valence-corrected chi connectivity index (χ4v) is 8.89. The molecule has 0 bridgehead atoms. The summed E-state index contributed by atoms with van der Waals surface area (Å²) in [5.41, 5.74) is 3.54. The van der Waals surface area contributed by atoms with Crippen molar-refractivity contribution in [1.29, 1.82) is 0 Å². The number of hydrogen-bond acceptors (Lipinski definition) is 6. The Balaban J connectivity index is 1.69. The first-order valence-electron chi connectivity index (χ1n) is 16.8. The molecule has 6 heteroatoms. The van der Waals surface area contributed by atoms with Crippen LogP contribution in [0.4, 0.5) is 0 Å². The Morgan fingerprint density at radius 3 is 2.51 bits per heavy atom. The molecule has 3 fully saturated rings. The van der Waals surface area contributed by atoms with Crippen LogP contribution in [0, 0.1) is 23.2 Å². The third-order valence-electron chi connectivity index (χ3n) is 11.0. The van der Waals surface area contributed by atoms with Gasteiger partial charge in [0.05, 0.1) is 18.3 Å². The van der Waals surface area contributed by atoms with Crippen LogP contribution in [-0.2, 0) is 11.2 Å². The summed E-state index contributed by atoms with van der Waals surface area (Å²) in [6.07, 6.45) is 14.2. The number of aliphatic hydroxyl groups excluding tert-OH is 3. The van der Waals surface area contributed by atoms with Gasteiger partial charge in [0.15, 0.2) is 5.78 Å². The molecule has 3 saturated carbocycles. The fraction of sp³-hybridized carbons (Fsp3) is 0.564. The number of allylic oxidation sites excluding steroid dienone is 8. The smallest absolute Gasteiger partial charge is 0.162 e. The summed E-state index contributed by atoms with van der Waals surface area (Å²) in [6.45, 7) is 10.00. The van der Waals surface area contributed by atoms with E-state index in [4.69, 9.17) is 0 Å². The molecule has 3 aliphatic carbocycles. The van der Waals surface area contributed by atoms with Crippen molar-refractivity contribution in [2.45, 2.75) is 103 Å². The molecule has 5 N–H and O–H groups in total. The lowest BCUT2D eigenvalue weighted by Crippen LogP contribution is -2.65. The lowest BCUT2D eigenvalue weighted by atomic mass is 9.45. The summed E-state index contributed by atoms with van der Waals surface area (Å²) in [7, 11) is 0. The predicted molar refractivity (Wildman–Crippen MR) is 180 cm³/mol. The van der Waals surface area contributed by atoms with E-state index in [1.54, 1.807) is 24.3 Å². The van der Waals surface area contributed by atoms with E-state index in [0.29, 0.717) is 44.1 Å². The van der Waals surface area contributed by atoms with Gasteiger partial charge in [-0.3, -0.25) is 4.79 Å². The largest absolute Gasteiger partial charge is 0.508 e. The molecule has 0 aliphatic heterocycles. The topological polar surface area (TPSA) is 118 Å². The van der Waals surface area contributed by atoms with Gasteiger partial charge in [0.2, 0.25) is 0 Å². The second-order valence-electron chi connectivity index (χ2n) is 13.9. The maximum atomic E-state index is 13.7. The van der Waals surface area contributed by atoms with Gasteiger partial charge < -0.3 is 25.5 Å². The number of benzene rings is 1. The van der Waals surface area contributed by atoms with Crippen LogP contribution in [0.5, 0.6) is 5.75 Å². The Bertz CT molecular complexity index is 1330. The Hall–Kier alpha value is -2.77. The number of aromatic hydroxyl groups is 1. The average molecular weight is 619 g/mol. The molecule has 246 valence electrons. The molecule has 45 heavy (non-hydrogen) atoms. The minimum atomic E-state index is -1.09. The van der Waals surface area contributed by atoms with Crippen molar-refractivity contribution in [2.75, 3.05) is 13.2 Å². The number of ketones is 1. The first-order chi connectivity index (χ1) is 21.5.